The van der Waals surface area contributed by atoms with E-state index in [1.165, 1.54) is 14.0 Å². The molecule has 3 rings (SSSR count). The number of amides is 3. The summed E-state index contributed by atoms with van der Waals surface area (Å²) in [4.78, 5) is 23.5. The highest BCUT2D eigenvalue weighted by molar-refractivity contribution is 5.93. The summed E-state index contributed by atoms with van der Waals surface area (Å²) in [6.45, 7) is 3.26. The lowest BCUT2D eigenvalue weighted by atomic mass is 10.2. The first-order valence-corrected chi connectivity index (χ1v) is 8.48. The van der Waals surface area contributed by atoms with E-state index < -0.39 is 0 Å². The zero-order valence-electron chi connectivity index (χ0n) is 15.3. The summed E-state index contributed by atoms with van der Waals surface area (Å²) in [5.74, 6) is 0.921. The van der Waals surface area contributed by atoms with E-state index in [0.29, 0.717) is 22.9 Å². The van der Waals surface area contributed by atoms with Crippen molar-refractivity contribution in [3.63, 3.8) is 0 Å². The van der Waals surface area contributed by atoms with Crippen LogP contribution in [0.15, 0.2) is 52.9 Å². The first kappa shape index (κ1) is 18.3. The quantitative estimate of drug-likeness (QED) is 0.627. The Morgan fingerprint density at radius 2 is 1.85 bits per heavy atom. The Bertz CT molecular complexity index is 947. The van der Waals surface area contributed by atoms with Gasteiger partial charge in [-0.25, -0.2) is 4.79 Å². The average Bonchev–Trinajstić information content (AvgIpc) is 3.07. The monoisotopic (exact) mass is 367 g/mol. The first-order chi connectivity index (χ1) is 13.0. The number of rotatable bonds is 5. The SMILES string of the molecule is COc1cc(NC(=O)N[C@@H](C)c2cc3ccccc3o2)ccc1NC(C)=O. The third-order valence-corrected chi connectivity index (χ3v) is 3.99. The molecule has 7 nitrogen and oxygen atoms in total. The van der Waals surface area contributed by atoms with E-state index in [1.54, 1.807) is 18.2 Å². The Hall–Kier alpha value is -3.48. The second-order valence-electron chi connectivity index (χ2n) is 6.10. The molecule has 0 aliphatic carbocycles. The van der Waals surface area contributed by atoms with Gasteiger partial charge in [-0.1, -0.05) is 18.2 Å². The smallest absolute Gasteiger partial charge is 0.319 e. The van der Waals surface area contributed by atoms with Gasteiger partial charge in [-0.05, 0) is 31.2 Å². The van der Waals surface area contributed by atoms with Crippen molar-refractivity contribution in [2.75, 3.05) is 17.7 Å². The van der Waals surface area contributed by atoms with Crippen molar-refractivity contribution in [3.8, 4) is 5.75 Å². The first-order valence-electron chi connectivity index (χ1n) is 8.48. The lowest BCUT2D eigenvalue weighted by molar-refractivity contribution is -0.114. The third-order valence-electron chi connectivity index (χ3n) is 3.99. The molecule has 2 aromatic carbocycles. The topological polar surface area (TPSA) is 92.6 Å². The Morgan fingerprint density at radius 1 is 1.07 bits per heavy atom. The van der Waals surface area contributed by atoms with Gasteiger partial charge in [-0.2, -0.15) is 0 Å². The molecule has 0 saturated heterocycles. The number of carbonyl (C=O) groups is 2. The molecule has 1 heterocycles. The molecule has 27 heavy (non-hydrogen) atoms. The number of hydrogen-bond donors (Lipinski definition) is 3. The molecule has 1 aromatic heterocycles. The fourth-order valence-electron chi connectivity index (χ4n) is 2.71. The van der Waals surface area contributed by atoms with Crippen molar-refractivity contribution in [2.45, 2.75) is 19.9 Å². The maximum absolute atomic E-state index is 12.3. The van der Waals surface area contributed by atoms with Crippen molar-refractivity contribution >= 4 is 34.3 Å². The van der Waals surface area contributed by atoms with Crippen LogP contribution in [-0.2, 0) is 4.79 Å². The lowest BCUT2D eigenvalue weighted by Gasteiger charge is -2.14. The fourth-order valence-corrected chi connectivity index (χ4v) is 2.71. The predicted molar refractivity (Wildman–Crippen MR) is 104 cm³/mol. The molecule has 0 bridgehead atoms. The molecule has 0 unspecified atom stereocenters. The summed E-state index contributed by atoms with van der Waals surface area (Å²) in [5, 5.41) is 9.24. The minimum atomic E-state index is -0.378. The number of urea groups is 1. The summed E-state index contributed by atoms with van der Waals surface area (Å²) in [5.41, 5.74) is 1.85. The van der Waals surface area contributed by atoms with Crippen LogP contribution in [0.4, 0.5) is 16.2 Å². The van der Waals surface area contributed by atoms with E-state index in [4.69, 9.17) is 9.15 Å². The Morgan fingerprint density at radius 3 is 2.56 bits per heavy atom. The minimum absolute atomic E-state index is 0.202. The van der Waals surface area contributed by atoms with Crippen LogP contribution >= 0.6 is 0 Å². The Labute approximate surface area is 156 Å². The van der Waals surface area contributed by atoms with Gasteiger partial charge in [-0.3, -0.25) is 4.79 Å². The van der Waals surface area contributed by atoms with Gasteiger partial charge in [0.05, 0.1) is 18.8 Å². The van der Waals surface area contributed by atoms with Crippen molar-refractivity contribution in [1.82, 2.24) is 5.32 Å². The number of hydrogen-bond acceptors (Lipinski definition) is 4. The Balaban J connectivity index is 1.67. The summed E-state index contributed by atoms with van der Waals surface area (Å²) >= 11 is 0. The number of anilines is 2. The molecule has 0 aliphatic heterocycles. The molecule has 0 saturated carbocycles. The molecule has 7 heteroatoms. The number of furan rings is 1. The molecule has 0 fully saturated rings. The highest BCUT2D eigenvalue weighted by Crippen LogP contribution is 2.28. The number of fused-ring (bicyclic) bond motifs is 1. The molecule has 140 valence electrons. The third kappa shape index (κ3) is 4.38. The van der Waals surface area contributed by atoms with Gasteiger partial charge in [0.1, 0.15) is 17.1 Å². The van der Waals surface area contributed by atoms with Crippen LogP contribution in [0.3, 0.4) is 0 Å². The van der Waals surface area contributed by atoms with Crippen molar-refractivity contribution in [3.05, 3.63) is 54.3 Å². The van der Waals surface area contributed by atoms with Crippen LogP contribution in [0.5, 0.6) is 5.75 Å². The van der Waals surface area contributed by atoms with E-state index in [2.05, 4.69) is 16.0 Å². The number of nitrogens with one attached hydrogen (secondary N) is 3. The standard InChI is InChI=1S/C20H21N3O4/c1-12(18-10-14-6-4-5-7-17(14)27-18)21-20(25)23-15-8-9-16(22-13(2)24)19(11-15)26-3/h4-12H,1-3H3,(H,22,24)(H2,21,23,25)/t12-/m0/s1. The highest BCUT2D eigenvalue weighted by Gasteiger charge is 2.15. The molecular weight excluding hydrogens is 346 g/mol. The maximum Gasteiger partial charge on any atom is 0.319 e. The van der Waals surface area contributed by atoms with Gasteiger partial charge < -0.3 is 25.1 Å². The van der Waals surface area contributed by atoms with Gasteiger partial charge >= 0.3 is 6.03 Å². The summed E-state index contributed by atoms with van der Waals surface area (Å²) in [7, 11) is 1.49. The normalized spacial score (nSPS) is 11.7. The van der Waals surface area contributed by atoms with Crippen LogP contribution in [0.2, 0.25) is 0 Å². The van der Waals surface area contributed by atoms with Gasteiger partial charge in [0.2, 0.25) is 5.91 Å². The Kier molecular flexibility index (Phi) is 5.30. The zero-order valence-corrected chi connectivity index (χ0v) is 15.3. The van der Waals surface area contributed by atoms with Gasteiger partial charge in [0, 0.05) is 24.1 Å². The van der Waals surface area contributed by atoms with E-state index >= 15 is 0 Å². The number of methoxy groups -OCH3 is 1. The summed E-state index contributed by atoms with van der Waals surface area (Å²) < 4.78 is 11.0. The van der Waals surface area contributed by atoms with Crippen LogP contribution in [0.1, 0.15) is 25.6 Å². The number of benzene rings is 2. The molecule has 0 spiro atoms. The zero-order chi connectivity index (χ0) is 19.4. The van der Waals surface area contributed by atoms with Crippen molar-refractivity contribution < 1.29 is 18.7 Å². The number of carbonyl (C=O) groups excluding carboxylic acids is 2. The van der Waals surface area contributed by atoms with Crippen LogP contribution in [0.25, 0.3) is 11.0 Å². The largest absolute Gasteiger partial charge is 0.494 e. The number of ether oxygens (including phenoxy) is 1. The van der Waals surface area contributed by atoms with Gasteiger partial charge in [0.15, 0.2) is 0 Å². The summed E-state index contributed by atoms with van der Waals surface area (Å²) in [6, 6.07) is 13.9. The molecule has 0 aliphatic rings. The summed E-state index contributed by atoms with van der Waals surface area (Å²) in [6.07, 6.45) is 0. The van der Waals surface area contributed by atoms with E-state index in [9.17, 15) is 9.59 Å². The minimum Gasteiger partial charge on any atom is -0.494 e. The van der Waals surface area contributed by atoms with Gasteiger partial charge in [-0.15, -0.1) is 0 Å². The van der Waals surface area contributed by atoms with E-state index in [0.717, 1.165) is 11.0 Å². The predicted octanol–water partition coefficient (Wildman–Crippen LogP) is 4.28. The molecule has 3 aromatic rings. The molecule has 1 atom stereocenters. The average molecular weight is 367 g/mol. The van der Waals surface area contributed by atoms with Crippen LogP contribution in [-0.4, -0.2) is 19.0 Å². The second-order valence-corrected chi connectivity index (χ2v) is 6.10. The van der Waals surface area contributed by atoms with Crippen molar-refractivity contribution in [2.24, 2.45) is 0 Å². The molecular formula is C20H21N3O4. The maximum atomic E-state index is 12.3. The molecule has 0 radical (unpaired) electrons. The van der Waals surface area contributed by atoms with E-state index in [-0.39, 0.29) is 18.0 Å². The van der Waals surface area contributed by atoms with E-state index in [1.807, 2.05) is 37.3 Å². The second kappa shape index (κ2) is 7.82. The molecule has 3 amide bonds. The number of para-hydroxylation sites is 1. The van der Waals surface area contributed by atoms with Crippen LogP contribution in [0, 0.1) is 0 Å². The van der Waals surface area contributed by atoms with Gasteiger partial charge in [0.25, 0.3) is 0 Å². The molecule has 3 N–H and O–H groups in total. The highest BCUT2D eigenvalue weighted by atomic mass is 16.5. The lowest BCUT2D eigenvalue weighted by Crippen LogP contribution is -2.30. The van der Waals surface area contributed by atoms with Crippen molar-refractivity contribution in [1.29, 1.82) is 0 Å². The fraction of sp³-hybridized carbons (Fsp3) is 0.200. The van der Waals surface area contributed by atoms with Crippen LogP contribution < -0.4 is 20.7 Å².